The zero-order valence-corrected chi connectivity index (χ0v) is 13.1. The Bertz CT molecular complexity index is 600. The molecule has 1 aromatic carbocycles. The Morgan fingerprint density at radius 3 is 2.83 bits per heavy atom. The summed E-state index contributed by atoms with van der Waals surface area (Å²) in [4.78, 5) is 6.54. The lowest BCUT2D eigenvalue weighted by Gasteiger charge is -2.28. The van der Waals surface area contributed by atoms with Gasteiger partial charge >= 0.3 is 0 Å². The first-order valence-corrected chi connectivity index (χ1v) is 7.94. The highest BCUT2D eigenvalue weighted by atomic mass is 16.5. The van der Waals surface area contributed by atoms with Crippen LogP contribution in [0.15, 0.2) is 48.7 Å². The molecule has 0 saturated carbocycles. The molecule has 1 N–H and O–H groups in total. The van der Waals surface area contributed by atoms with E-state index in [1.54, 1.807) is 6.20 Å². The van der Waals surface area contributed by atoms with Gasteiger partial charge in [0.2, 0.25) is 0 Å². The quantitative estimate of drug-likeness (QED) is 0.881. The van der Waals surface area contributed by atoms with E-state index in [1.807, 2.05) is 42.5 Å². The van der Waals surface area contributed by atoms with E-state index < -0.39 is 6.10 Å². The molecule has 0 bridgehead atoms. The first-order chi connectivity index (χ1) is 11.3. The van der Waals surface area contributed by atoms with Crippen molar-refractivity contribution in [2.75, 3.05) is 39.5 Å². The highest BCUT2D eigenvalue weighted by molar-refractivity contribution is 5.60. The largest absolute Gasteiger partial charge is 0.491 e. The Labute approximate surface area is 136 Å². The molecule has 122 valence electrons. The predicted molar refractivity (Wildman–Crippen MR) is 88.4 cm³/mol. The third-order valence-electron chi connectivity index (χ3n) is 3.81. The monoisotopic (exact) mass is 314 g/mol. The fraction of sp³-hybridized carbons (Fsp3) is 0.389. The Balaban J connectivity index is 1.53. The second kappa shape index (κ2) is 8.06. The van der Waals surface area contributed by atoms with Crippen LogP contribution in [0.25, 0.3) is 11.3 Å². The molecule has 1 saturated heterocycles. The summed E-state index contributed by atoms with van der Waals surface area (Å²) in [6, 6.07) is 13.6. The molecule has 5 nitrogen and oxygen atoms in total. The van der Waals surface area contributed by atoms with E-state index in [-0.39, 0.29) is 6.61 Å². The molecule has 2 aromatic rings. The number of aromatic nitrogens is 1. The first kappa shape index (κ1) is 15.9. The van der Waals surface area contributed by atoms with Gasteiger partial charge < -0.3 is 14.6 Å². The summed E-state index contributed by atoms with van der Waals surface area (Å²) in [7, 11) is 0. The Kier molecular flexibility index (Phi) is 5.58. The van der Waals surface area contributed by atoms with E-state index in [0.717, 1.165) is 43.3 Å². The second-order valence-corrected chi connectivity index (χ2v) is 5.62. The van der Waals surface area contributed by atoms with Crippen LogP contribution < -0.4 is 4.74 Å². The number of aliphatic hydroxyl groups excluding tert-OH is 1. The lowest BCUT2D eigenvalue weighted by molar-refractivity contribution is 0.00466. The van der Waals surface area contributed by atoms with Gasteiger partial charge in [-0.1, -0.05) is 18.2 Å². The van der Waals surface area contributed by atoms with Gasteiger partial charge in [-0.15, -0.1) is 0 Å². The third-order valence-corrected chi connectivity index (χ3v) is 3.81. The topological polar surface area (TPSA) is 54.8 Å². The molecule has 1 aliphatic heterocycles. The molecule has 2 heterocycles. The van der Waals surface area contributed by atoms with E-state index in [0.29, 0.717) is 6.54 Å². The normalized spacial score (nSPS) is 16.9. The van der Waals surface area contributed by atoms with E-state index in [1.165, 1.54) is 0 Å². The van der Waals surface area contributed by atoms with Crippen LogP contribution in [0.1, 0.15) is 0 Å². The second-order valence-electron chi connectivity index (χ2n) is 5.62. The summed E-state index contributed by atoms with van der Waals surface area (Å²) in [6.45, 7) is 4.10. The van der Waals surface area contributed by atoms with Crippen molar-refractivity contribution in [3.63, 3.8) is 0 Å². The van der Waals surface area contributed by atoms with Gasteiger partial charge in [0.15, 0.2) is 0 Å². The van der Waals surface area contributed by atoms with Gasteiger partial charge in [-0.3, -0.25) is 9.88 Å². The number of hydrogen-bond acceptors (Lipinski definition) is 5. The zero-order chi connectivity index (χ0) is 15.9. The van der Waals surface area contributed by atoms with Crippen LogP contribution in [0.3, 0.4) is 0 Å². The van der Waals surface area contributed by atoms with Gasteiger partial charge in [-0.2, -0.15) is 0 Å². The molecular formula is C18H22N2O3. The van der Waals surface area contributed by atoms with Crippen LogP contribution in [-0.4, -0.2) is 60.5 Å². The summed E-state index contributed by atoms with van der Waals surface area (Å²) >= 11 is 0. The molecule has 1 aromatic heterocycles. The molecule has 5 heteroatoms. The van der Waals surface area contributed by atoms with Crippen LogP contribution in [0.5, 0.6) is 5.75 Å². The van der Waals surface area contributed by atoms with Crippen molar-refractivity contribution < 1.29 is 14.6 Å². The standard InChI is InChI=1S/C18H22N2O3/c21-16(13-20-8-10-22-11-9-20)14-23-17-5-3-4-15(12-17)18-6-1-2-7-19-18/h1-7,12,16,21H,8-11,13-14H2. The van der Waals surface area contributed by atoms with Crippen molar-refractivity contribution in [2.45, 2.75) is 6.10 Å². The van der Waals surface area contributed by atoms with Gasteiger partial charge in [-0.25, -0.2) is 0 Å². The number of benzene rings is 1. The number of hydrogen-bond donors (Lipinski definition) is 1. The molecule has 0 radical (unpaired) electrons. The number of aliphatic hydroxyl groups is 1. The van der Waals surface area contributed by atoms with Crippen LogP contribution in [0.4, 0.5) is 0 Å². The minimum atomic E-state index is -0.508. The minimum absolute atomic E-state index is 0.281. The fourth-order valence-electron chi connectivity index (χ4n) is 2.61. The third kappa shape index (κ3) is 4.76. The maximum atomic E-state index is 10.1. The van der Waals surface area contributed by atoms with Crippen LogP contribution in [0.2, 0.25) is 0 Å². The van der Waals surface area contributed by atoms with Crippen molar-refractivity contribution in [3.05, 3.63) is 48.7 Å². The van der Waals surface area contributed by atoms with Crippen molar-refractivity contribution in [1.82, 2.24) is 9.88 Å². The van der Waals surface area contributed by atoms with Crippen molar-refractivity contribution >= 4 is 0 Å². The summed E-state index contributed by atoms with van der Waals surface area (Å²) in [5, 5.41) is 10.1. The molecule has 1 unspecified atom stereocenters. The molecule has 23 heavy (non-hydrogen) atoms. The lowest BCUT2D eigenvalue weighted by atomic mass is 10.1. The molecule has 1 fully saturated rings. The number of nitrogens with zero attached hydrogens (tertiary/aromatic N) is 2. The van der Waals surface area contributed by atoms with Crippen molar-refractivity contribution in [2.24, 2.45) is 0 Å². The number of morpholine rings is 1. The van der Waals surface area contributed by atoms with E-state index in [9.17, 15) is 5.11 Å². The average Bonchev–Trinajstić information content (AvgIpc) is 2.62. The zero-order valence-electron chi connectivity index (χ0n) is 13.1. The van der Waals surface area contributed by atoms with Gasteiger partial charge in [-0.05, 0) is 24.3 Å². The minimum Gasteiger partial charge on any atom is -0.491 e. The Morgan fingerprint density at radius 2 is 2.04 bits per heavy atom. The molecule has 0 aliphatic carbocycles. The number of β-amino-alcohol motifs (C(OH)–C–C–N with tert-alkyl or cyclic N) is 1. The van der Waals surface area contributed by atoms with Gasteiger partial charge in [0.1, 0.15) is 18.5 Å². The highest BCUT2D eigenvalue weighted by Gasteiger charge is 2.15. The Morgan fingerprint density at radius 1 is 1.17 bits per heavy atom. The maximum Gasteiger partial charge on any atom is 0.120 e. The summed E-state index contributed by atoms with van der Waals surface area (Å²) in [5.74, 6) is 0.745. The van der Waals surface area contributed by atoms with Crippen molar-refractivity contribution in [3.8, 4) is 17.0 Å². The van der Waals surface area contributed by atoms with Crippen LogP contribution in [-0.2, 0) is 4.74 Å². The first-order valence-electron chi connectivity index (χ1n) is 7.94. The molecule has 1 atom stereocenters. The Hall–Kier alpha value is -1.95. The van der Waals surface area contributed by atoms with Crippen LogP contribution >= 0.6 is 0 Å². The molecule has 0 spiro atoms. The van der Waals surface area contributed by atoms with Crippen molar-refractivity contribution in [1.29, 1.82) is 0 Å². The van der Waals surface area contributed by atoms with Gasteiger partial charge in [0.05, 0.1) is 18.9 Å². The number of ether oxygens (including phenoxy) is 2. The highest BCUT2D eigenvalue weighted by Crippen LogP contribution is 2.22. The summed E-state index contributed by atoms with van der Waals surface area (Å²) in [6.07, 6.45) is 1.26. The smallest absolute Gasteiger partial charge is 0.120 e. The van der Waals surface area contributed by atoms with E-state index >= 15 is 0 Å². The number of pyridine rings is 1. The average molecular weight is 314 g/mol. The molecule has 0 amide bonds. The van der Waals surface area contributed by atoms with Gasteiger partial charge in [0, 0.05) is 31.4 Å². The van der Waals surface area contributed by atoms with E-state index in [4.69, 9.17) is 9.47 Å². The lowest BCUT2D eigenvalue weighted by Crippen LogP contribution is -2.42. The number of rotatable bonds is 6. The fourth-order valence-corrected chi connectivity index (χ4v) is 2.61. The summed E-state index contributed by atoms with van der Waals surface area (Å²) in [5.41, 5.74) is 1.91. The van der Waals surface area contributed by atoms with Gasteiger partial charge in [0.25, 0.3) is 0 Å². The maximum absolute atomic E-state index is 10.1. The molecule has 1 aliphatic rings. The summed E-state index contributed by atoms with van der Waals surface area (Å²) < 4.78 is 11.0. The molecule has 3 rings (SSSR count). The predicted octanol–water partition coefficient (Wildman–Crippen LogP) is 1.82. The SMILES string of the molecule is OC(COc1cccc(-c2ccccn2)c1)CN1CCOCC1. The molecular weight excluding hydrogens is 292 g/mol. The van der Waals surface area contributed by atoms with E-state index in [2.05, 4.69) is 9.88 Å². The van der Waals surface area contributed by atoms with Crippen LogP contribution in [0, 0.1) is 0 Å².